The molecule has 0 aliphatic carbocycles. The van der Waals surface area contributed by atoms with Crippen molar-refractivity contribution in [3.05, 3.63) is 29.1 Å². The summed E-state index contributed by atoms with van der Waals surface area (Å²) in [5.74, 6) is -0.161. The number of aliphatic hydroxyl groups excluding tert-OH is 1. The van der Waals surface area contributed by atoms with E-state index in [0.717, 1.165) is 37.1 Å². The molecular formula is C17H27FN2O. The zero-order valence-corrected chi connectivity index (χ0v) is 13.3. The second-order valence-corrected chi connectivity index (χ2v) is 6.05. The molecule has 1 aliphatic heterocycles. The Morgan fingerprint density at radius 3 is 2.81 bits per heavy atom. The number of aliphatic hydroxyl groups is 1. The molecule has 0 amide bonds. The summed E-state index contributed by atoms with van der Waals surface area (Å²) in [6.07, 6.45) is 4.48. The first-order valence-electron chi connectivity index (χ1n) is 7.93. The molecule has 1 heterocycles. The Bertz CT molecular complexity index is 478. The molecule has 0 radical (unpaired) electrons. The molecule has 2 N–H and O–H groups in total. The highest BCUT2D eigenvalue weighted by atomic mass is 19.1. The summed E-state index contributed by atoms with van der Waals surface area (Å²) in [5, 5.41) is 12.9. The van der Waals surface area contributed by atoms with E-state index in [9.17, 15) is 9.50 Å². The van der Waals surface area contributed by atoms with Crippen LogP contribution >= 0.6 is 0 Å². The minimum Gasteiger partial charge on any atom is -0.394 e. The van der Waals surface area contributed by atoms with Gasteiger partial charge >= 0.3 is 0 Å². The Labute approximate surface area is 127 Å². The van der Waals surface area contributed by atoms with E-state index in [1.165, 1.54) is 6.42 Å². The lowest BCUT2D eigenvalue weighted by Crippen LogP contribution is -2.38. The number of benzene rings is 1. The Hall–Kier alpha value is -1.13. The van der Waals surface area contributed by atoms with E-state index < -0.39 is 0 Å². The van der Waals surface area contributed by atoms with Crippen molar-refractivity contribution in [3.63, 3.8) is 0 Å². The molecule has 1 fully saturated rings. The summed E-state index contributed by atoms with van der Waals surface area (Å²) in [6.45, 7) is 4.93. The number of hydrogen-bond acceptors (Lipinski definition) is 3. The van der Waals surface area contributed by atoms with Crippen molar-refractivity contribution >= 4 is 5.69 Å². The standard InChI is InChI=1S/C17H27FN2O/c1-12-9-17(15(10-16(12)18)13(2)19-3)20-8-6-4-5-7-14(20)11-21/h9-10,13-14,19,21H,4-8,11H2,1-3H3. The Balaban J connectivity index is 2.46. The van der Waals surface area contributed by atoms with Gasteiger partial charge in [-0.15, -0.1) is 0 Å². The third-order valence-corrected chi connectivity index (χ3v) is 4.60. The van der Waals surface area contributed by atoms with Crippen LogP contribution in [0.15, 0.2) is 12.1 Å². The van der Waals surface area contributed by atoms with Gasteiger partial charge in [0.1, 0.15) is 5.82 Å². The number of anilines is 1. The molecule has 2 rings (SSSR count). The van der Waals surface area contributed by atoms with Crippen LogP contribution in [-0.4, -0.2) is 31.3 Å². The summed E-state index contributed by atoms with van der Waals surface area (Å²) >= 11 is 0. The lowest BCUT2D eigenvalue weighted by molar-refractivity contribution is 0.255. The zero-order chi connectivity index (χ0) is 15.4. The van der Waals surface area contributed by atoms with Crippen molar-refractivity contribution in [2.75, 3.05) is 25.1 Å². The van der Waals surface area contributed by atoms with E-state index in [4.69, 9.17) is 0 Å². The van der Waals surface area contributed by atoms with Gasteiger partial charge < -0.3 is 15.3 Å². The van der Waals surface area contributed by atoms with Crippen molar-refractivity contribution in [1.82, 2.24) is 5.32 Å². The van der Waals surface area contributed by atoms with Crippen molar-refractivity contribution in [1.29, 1.82) is 0 Å². The number of nitrogens with one attached hydrogen (secondary N) is 1. The van der Waals surface area contributed by atoms with Gasteiger partial charge in [-0.1, -0.05) is 12.8 Å². The van der Waals surface area contributed by atoms with Gasteiger partial charge in [0.25, 0.3) is 0 Å². The largest absolute Gasteiger partial charge is 0.394 e. The Kier molecular flexibility index (Phi) is 5.59. The molecule has 1 aromatic rings. The first kappa shape index (κ1) is 16.2. The fourth-order valence-corrected chi connectivity index (χ4v) is 3.12. The highest BCUT2D eigenvalue weighted by molar-refractivity contribution is 5.58. The van der Waals surface area contributed by atoms with Crippen LogP contribution in [-0.2, 0) is 0 Å². The average molecular weight is 294 g/mol. The Morgan fingerprint density at radius 1 is 1.38 bits per heavy atom. The van der Waals surface area contributed by atoms with Gasteiger partial charge in [0.15, 0.2) is 0 Å². The fraction of sp³-hybridized carbons (Fsp3) is 0.647. The lowest BCUT2D eigenvalue weighted by Gasteiger charge is -2.34. The smallest absolute Gasteiger partial charge is 0.126 e. The second kappa shape index (κ2) is 7.23. The summed E-state index contributed by atoms with van der Waals surface area (Å²) in [4.78, 5) is 2.28. The summed E-state index contributed by atoms with van der Waals surface area (Å²) < 4.78 is 14.0. The first-order chi connectivity index (χ1) is 10.1. The van der Waals surface area contributed by atoms with Gasteiger partial charge in [0, 0.05) is 18.3 Å². The normalized spacial score (nSPS) is 21.2. The monoisotopic (exact) mass is 294 g/mol. The number of nitrogens with zero attached hydrogens (tertiary/aromatic N) is 1. The zero-order valence-electron chi connectivity index (χ0n) is 13.3. The molecule has 1 saturated heterocycles. The second-order valence-electron chi connectivity index (χ2n) is 6.05. The van der Waals surface area contributed by atoms with Crippen LogP contribution in [0.4, 0.5) is 10.1 Å². The molecule has 1 aromatic carbocycles. The van der Waals surface area contributed by atoms with Crippen LogP contribution < -0.4 is 10.2 Å². The molecular weight excluding hydrogens is 267 g/mol. The first-order valence-corrected chi connectivity index (χ1v) is 7.93. The summed E-state index contributed by atoms with van der Waals surface area (Å²) in [6, 6.07) is 3.80. The third kappa shape index (κ3) is 3.55. The highest BCUT2D eigenvalue weighted by Gasteiger charge is 2.24. The van der Waals surface area contributed by atoms with Gasteiger partial charge in [-0.2, -0.15) is 0 Å². The molecule has 21 heavy (non-hydrogen) atoms. The van der Waals surface area contributed by atoms with Crippen LogP contribution in [0, 0.1) is 12.7 Å². The lowest BCUT2D eigenvalue weighted by atomic mass is 10.0. The van der Waals surface area contributed by atoms with Crippen molar-refractivity contribution in [2.24, 2.45) is 0 Å². The van der Waals surface area contributed by atoms with E-state index >= 15 is 0 Å². The third-order valence-electron chi connectivity index (χ3n) is 4.60. The van der Waals surface area contributed by atoms with Crippen molar-refractivity contribution in [3.8, 4) is 0 Å². The minimum atomic E-state index is -0.161. The van der Waals surface area contributed by atoms with Crippen LogP contribution in [0.2, 0.25) is 0 Å². The van der Waals surface area contributed by atoms with Crippen LogP contribution in [0.5, 0.6) is 0 Å². The average Bonchev–Trinajstić information content (AvgIpc) is 2.73. The molecule has 1 aliphatic rings. The summed E-state index contributed by atoms with van der Waals surface area (Å²) in [7, 11) is 1.89. The van der Waals surface area contributed by atoms with Gasteiger partial charge in [-0.3, -0.25) is 0 Å². The van der Waals surface area contributed by atoms with E-state index in [2.05, 4.69) is 10.2 Å². The maximum atomic E-state index is 14.0. The molecule has 2 unspecified atom stereocenters. The predicted octanol–water partition coefficient (Wildman–Crippen LogP) is 3.16. The number of hydrogen-bond donors (Lipinski definition) is 2. The molecule has 118 valence electrons. The molecule has 3 nitrogen and oxygen atoms in total. The van der Waals surface area contributed by atoms with Crippen LogP contribution in [0.25, 0.3) is 0 Å². The van der Waals surface area contributed by atoms with E-state index in [0.29, 0.717) is 5.56 Å². The van der Waals surface area contributed by atoms with Crippen LogP contribution in [0.1, 0.15) is 49.8 Å². The summed E-state index contributed by atoms with van der Waals surface area (Å²) in [5.41, 5.74) is 2.70. The maximum absolute atomic E-state index is 14.0. The Morgan fingerprint density at radius 2 is 2.14 bits per heavy atom. The van der Waals surface area contributed by atoms with Gasteiger partial charge in [-0.25, -0.2) is 4.39 Å². The SMILES string of the molecule is CNC(C)c1cc(F)c(C)cc1N1CCCCCC1CO. The van der Waals surface area contributed by atoms with Crippen molar-refractivity contribution in [2.45, 2.75) is 51.6 Å². The van der Waals surface area contributed by atoms with E-state index in [1.807, 2.05) is 20.0 Å². The minimum absolute atomic E-state index is 0.0812. The molecule has 0 bridgehead atoms. The van der Waals surface area contributed by atoms with Gasteiger partial charge in [0.2, 0.25) is 0 Å². The van der Waals surface area contributed by atoms with E-state index in [-0.39, 0.29) is 24.5 Å². The number of halogens is 1. The number of aryl methyl sites for hydroxylation is 1. The quantitative estimate of drug-likeness (QED) is 0.895. The van der Waals surface area contributed by atoms with E-state index in [1.54, 1.807) is 13.0 Å². The van der Waals surface area contributed by atoms with Crippen LogP contribution in [0.3, 0.4) is 0 Å². The molecule has 0 saturated carbocycles. The van der Waals surface area contributed by atoms with Gasteiger partial charge in [-0.05, 0) is 57.0 Å². The van der Waals surface area contributed by atoms with Crippen molar-refractivity contribution < 1.29 is 9.50 Å². The molecule has 0 aromatic heterocycles. The molecule has 2 atom stereocenters. The number of rotatable bonds is 4. The highest BCUT2D eigenvalue weighted by Crippen LogP contribution is 2.33. The maximum Gasteiger partial charge on any atom is 0.126 e. The predicted molar refractivity (Wildman–Crippen MR) is 85.3 cm³/mol. The fourth-order valence-electron chi connectivity index (χ4n) is 3.12. The van der Waals surface area contributed by atoms with Gasteiger partial charge in [0.05, 0.1) is 12.6 Å². The molecule has 0 spiro atoms. The topological polar surface area (TPSA) is 35.5 Å². The molecule has 4 heteroatoms.